The summed E-state index contributed by atoms with van der Waals surface area (Å²) in [6, 6.07) is 30.4. The fourth-order valence-corrected chi connectivity index (χ4v) is 8.83. The van der Waals surface area contributed by atoms with Crippen LogP contribution in [0.25, 0.3) is 38.9 Å². The van der Waals surface area contributed by atoms with Gasteiger partial charge in [-0.3, -0.25) is 0 Å². The van der Waals surface area contributed by atoms with Crippen molar-refractivity contribution in [1.82, 2.24) is 14.9 Å². The van der Waals surface area contributed by atoms with Gasteiger partial charge in [-0.25, -0.2) is 9.97 Å². The van der Waals surface area contributed by atoms with Crippen LogP contribution < -0.4 is 14.7 Å². The summed E-state index contributed by atoms with van der Waals surface area (Å²) in [5.74, 6) is 2.26. The van der Waals surface area contributed by atoms with Crippen molar-refractivity contribution in [2.75, 3.05) is 28.8 Å². The second-order valence-corrected chi connectivity index (χ2v) is 14.3. The number of aromatic nitrogens is 2. The molecule has 9 rings (SSSR count). The number of hydrogen-bond acceptors (Lipinski definition) is 7. The monoisotopic (exact) mass is 672 g/mol. The topological polar surface area (TPSA) is 51.9 Å². The third-order valence-electron chi connectivity index (χ3n) is 11.6. The summed E-state index contributed by atoms with van der Waals surface area (Å²) in [4.78, 5) is 19.7. The highest BCUT2D eigenvalue weighted by Gasteiger charge is 2.42. The number of benzene rings is 4. The quantitative estimate of drug-likeness (QED) is 0.181. The van der Waals surface area contributed by atoms with Gasteiger partial charge in [0.05, 0.1) is 11.9 Å². The van der Waals surface area contributed by atoms with Crippen LogP contribution in [-0.2, 0) is 0 Å². The zero-order valence-electron chi connectivity index (χ0n) is 30.2. The Hall–Kier alpha value is -5.56. The number of anilines is 4. The second-order valence-electron chi connectivity index (χ2n) is 14.3. The fraction of sp³-hybridized carbons (Fsp3) is 0.273. The van der Waals surface area contributed by atoms with Gasteiger partial charge in [0.1, 0.15) is 23.6 Å². The first-order valence-electron chi connectivity index (χ1n) is 18.3. The lowest BCUT2D eigenvalue weighted by atomic mass is 9.73. The molecule has 256 valence electrons. The average Bonchev–Trinajstić information content (AvgIpc) is 3.78. The average molecular weight is 673 g/mol. The van der Waals surface area contributed by atoms with Crippen LogP contribution in [0, 0.1) is 12.8 Å². The van der Waals surface area contributed by atoms with E-state index in [2.05, 4.69) is 165 Å². The Morgan fingerprint density at radius 2 is 1.53 bits per heavy atom. The van der Waals surface area contributed by atoms with Gasteiger partial charge in [0, 0.05) is 54.1 Å². The normalized spacial score (nSPS) is 21.2. The molecule has 5 heterocycles. The summed E-state index contributed by atoms with van der Waals surface area (Å²) in [7, 11) is 4.32. The number of likely N-dealkylation sites (N-methyl/N-ethyl adjacent to an activating group) is 1. The van der Waals surface area contributed by atoms with Crippen molar-refractivity contribution in [1.29, 1.82) is 0 Å². The third kappa shape index (κ3) is 4.70. The molecule has 0 saturated carbocycles. The number of furan rings is 1. The molecule has 6 aromatic rings. The van der Waals surface area contributed by atoms with Crippen LogP contribution in [0.3, 0.4) is 0 Å². The molecule has 3 aliphatic heterocycles. The second kappa shape index (κ2) is 12.0. The van der Waals surface area contributed by atoms with Gasteiger partial charge in [-0.2, -0.15) is 0 Å². The van der Waals surface area contributed by atoms with E-state index in [0.717, 1.165) is 68.9 Å². The summed E-state index contributed by atoms with van der Waals surface area (Å²) in [6.45, 7) is 9.07. The molecule has 7 heteroatoms. The zero-order chi connectivity index (χ0) is 35.0. The number of allylic oxidation sites excluding steroid dienone is 1. The molecule has 0 radical (unpaired) electrons. The van der Waals surface area contributed by atoms with Crippen molar-refractivity contribution in [3.05, 3.63) is 126 Å². The molecular formula is C44H44N6O. The van der Waals surface area contributed by atoms with E-state index in [1.54, 1.807) is 0 Å². The number of fused-ring (bicyclic) bond motifs is 8. The van der Waals surface area contributed by atoms with Crippen LogP contribution in [0.1, 0.15) is 56.2 Å². The molecule has 3 aliphatic rings. The van der Waals surface area contributed by atoms with Crippen molar-refractivity contribution in [2.24, 2.45) is 5.92 Å². The molecule has 0 spiro atoms. The Balaban J connectivity index is 1.31. The lowest BCUT2D eigenvalue weighted by molar-refractivity contribution is 0.383. The van der Waals surface area contributed by atoms with Crippen LogP contribution in [0.15, 0.2) is 114 Å². The summed E-state index contributed by atoms with van der Waals surface area (Å²) >= 11 is 0. The fourth-order valence-electron chi connectivity index (χ4n) is 8.83. The number of rotatable bonds is 5. The molecule has 0 saturated heterocycles. The van der Waals surface area contributed by atoms with Crippen molar-refractivity contribution in [3.63, 3.8) is 0 Å². The highest BCUT2D eigenvalue weighted by Crippen LogP contribution is 2.53. The van der Waals surface area contributed by atoms with Gasteiger partial charge in [-0.05, 0) is 79.5 Å². The first-order valence-corrected chi connectivity index (χ1v) is 18.3. The Morgan fingerprint density at radius 1 is 0.765 bits per heavy atom. The minimum atomic E-state index is -0.113. The maximum absolute atomic E-state index is 6.81. The third-order valence-corrected chi connectivity index (χ3v) is 11.6. The van der Waals surface area contributed by atoms with Crippen LogP contribution in [0.4, 0.5) is 22.9 Å². The lowest BCUT2D eigenvalue weighted by Gasteiger charge is -2.39. The molecule has 4 aromatic carbocycles. The molecule has 0 N–H and O–H groups in total. The lowest BCUT2D eigenvalue weighted by Crippen LogP contribution is -2.39. The number of para-hydroxylation sites is 2. The van der Waals surface area contributed by atoms with Gasteiger partial charge in [0.2, 0.25) is 0 Å². The molecule has 0 fully saturated rings. The van der Waals surface area contributed by atoms with E-state index >= 15 is 0 Å². The van der Waals surface area contributed by atoms with Crippen LogP contribution in [0.5, 0.6) is 0 Å². The minimum Gasteiger partial charge on any atom is -0.454 e. The summed E-state index contributed by atoms with van der Waals surface area (Å²) < 4.78 is 6.81. The number of nitrogens with zero attached hydrogens (tertiary/aromatic N) is 6. The largest absolute Gasteiger partial charge is 0.454 e. The van der Waals surface area contributed by atoms with Gasteiger partial charge in [0.25, 0.3) is 0 Å². The van der Waals surface area contributed by atoms with E-state index in [1.807, 2.05) is 6.20 Å². The van der Waals surface area contributed by atoms with Gasteiger partial charge < -0.3 is 24.0 Å². The van der Waals surface area contributed by atoms with Gasteiger partial charge in [-0.1, -0.05) is 80.6 Å². The minimum absolute atomic E-state index is 0.113. The predicted molar refractivity (Wildman–Crippen MR) is 210 cm³/mol. The molecule has 4 unspecified atom stereocenters. The SMILES string of the molecule is CCC1C(c2ccc3c(oc4ccccc43)c2N2C=CN(C)C2C)=CC2N(C)c3nc(-c4ccccc4C)ncc3N2c2ccccc2C1CC. The van der Waals surface area contributed by atoms with Crippen LogP contribution in [-0.4, -0.2) is 41.3 Å². The van der Waals surface area contributed by atoms with Crippen LogP contribution >= 0.6 is 0 Å². The first kappa shape index (κ1) is 31.4. The maximum Gasteiger partial charge on any atom is 0.161 e. The molecule has 0 aliphatic carbocycles. The van der Waals surface area contributed by atoms with E-state index in [-0.39, 0.29) is 18.2 Å². The maximum atomic E-state index is 6.81. The van der Waals surface area contributed by atoms with Gasteiger partial charge in [0.15, 0.2) is 17.2 Å². The molecule has 0 amide bonds. The number of aryl methyl sites for hydroxylation is 1. The first-order chi connectivity index (χ1) is 24.9. The van der Waals surface area contributed by atoms with E-state index in [1.165, 1.54) is 22.4 Å². The molecule has 7 nitrogen and oxygen atoms in total. The molecular weight excluding hydrogens is 629 g/mol. The van der Waals surface area contributed by atoms with E-state index in [4.69, 9.17) is 14.4 Å². The Morgan fingerprint density at radius 3 is 2.31 bits per heavy atom. The van der Waals surface area contributed by atoms with E-state index in [9.17, 15) is 0 Å². The van der Waals surface area contributed by atoms with Crippen LogP contribution in [0.2, 0.25) is 0 Å². The molecule has 0 bridgehead atoms. The Labute approximate surface area is 300 Å². The summed E-state index contributed by atoms with van der Waals surface area (Å²) in [6.07, 6.45) is 11.0. The summed E-state index contributed by atoms with van der Waals surface area (Å²) in [5, 5.41) is 2.28. The van der Waals surface area contributed by atoms with Crippen molar-refractivity contribution in [2.45, 2.75) is 58.8 Å². The van der Waals surface area contributed by atoms with Gasteiger partial charge in [-0.15, -0.1) is 0 Å². The predicted octanol–water partition coefficient (Wildman–Crippen LogP) is 10.5. The number of hydrogen-bond donors (Lipinski definition) is 0. The molecule has 51 heavy (non-hydrogen) atoms. The van der Waals surface area contributed by atoms with Crippen molar-refractivity contribution >= 4 is 50.4 Å². The van der Waals surface area contributed by atoms with E-state index < -0.39 is 0 Å². The Kier molecular flexibility index (Phi) is 7.42. The molecule has 4 atom stereocenters. The van der Waals surface area contributed by atoms with E-state index in [0.29, 0.717) is 5.92 Å². The van der Waals surface area contributed by atoms with Crippen molar-refractivity contribution in [3.8, 4) is 11.4 Å². The smallest absolute Gasteiger partial charge is 0.161 e. The standard InChI is InChI=1S/C44H44N6O/c1-7-29-30(8-2)36(34-21-22-35-33-18-12-14-20-39(33)51-42(35)41(34)49-24-23-47(5)28(49)4)25-40-48(6)44-38(50(40)37-19-13-11-17-32(29)37)26-45-43(46-44)31-16-10-9-15-27(31)3/h9-26,28-30,40H,7-8H2,1-6H3. The highest BCUT2D eigenvalue weighted by molar-refractivity contribution is 6.11. The van der Waals surface area contributed by atoms with Crippen molar-refractivity contribution < 1.29 is 4.42 Å². The zero-order valence-corrected chi connectivity index (χ0v) is 30.2. The Bertz CT molecular complexity index is 2370. The summed E-state index contributed by atoms with van der Waals surface area (Å²) in [5.41, 5.74) is 11.4. The molecule has 2 aromatic heterocycles. The highest BCUT2D eigenvalue weighted by atomic mass is 16.3. The van der Waals surface area contributed by atoms with Gasteiger partial charge >= 0.3 is 0 Å².